The summed E-state index contributed by atoms with van der Waals surface area (Å²) in [6.07, 6.45) is 5.83. The van der Waals surface area contributed by atoms with Crippen LogP contribution in [0.15, 0.2) is 59.7 Å². The maximum atomic E-state index is 5.97. The SMILES string of the molecule is Nc1nccc(N(CC2CCOCC2)c2cc3c(c(-c4cc5ccccc5s4)c2)CN=C3)n1. The van der Waals surface area contributed by atoms with E-state index in [1.807, 2.05) is 23.6 Å². The molecule has 1 saturated heterocycles. The van der Waals surface area contributed by atoms with Crippen molar-refractivity contribution in [3.8, 4) is 10.4 Å². The van der Waals surface area contributed by atoms with Crippen molar-refractivity contribution in [1.29, 1.82) is 0 Å². The molecule has 1 fully saturated rings. The molecule has 4 aromatic rings. The van der Waals surface area contributed by atoms with Crippen LogP contribution in [0.5, 0.6) is 0 Å². The fourth-order valence-corrected chi connectivity index (χ4v) is 5.83. The number of hydrogen-bond donors (Lipinski definition) is 1. The lowest BCUT2D eigenvalue weighted by molar-refractivity contribution is 0.0688. The lowest BCUT2D eigenvalue weighted by atomic mass is 9.97. The molecule has 6 rings (SSSR count). The van der Waals surface area contributed by atoms with Gasteiger partial charge in [-0.15, -0.1) is 11.3 Å². The van der Waals surface area contributed by atoms with Gasteiger partial charge in [-0.05, 0) is 65.6 Å². The van der Waals surface area contributed by atoms with Gasteiger partial charge in [0.25, 0.3) is 0 Å². The summed E-state index contributed by atoms with van der Waals surface area (Å²) in [5, 5.41) is 1.28. The number of fused-ring (bicyclic) bond motifs is 2. The molecule has 0 saturated carbocycles. The van der Waals surface area contributed by atoms with E-state index < -0.39 is 0 Å². The molecule has 0 bridgehead atoms. The molecule has 2 aliphatic rings. The van der Waals surface area contributed by atoms with E-state index in [0.29, 0.717) is 5.92 Å². The van der Waals surface area contributed by atoms with E-state index in [1.54, 1.807) is 6.20 Å². The largest absolute Gasteiger partial charge is 0.381 e. The van der Waals surface area contributed by atoms with Crippen LogP contribution in [-0.2, 0) is 11.3 Å². The Labute approximate surface area is 196 Å². The number of nitrogens with zero attached hydrogens (tertiary/aromatic N) is 4. The highest BCUT2D eigenvalue weighted by Gasteiger charge is 2.24. The smallest absolute Gasteiger partial charge is 0.221 e. The molecule has 0 atom stereocenters. The predicted molar refractivity (Wildman–Crippen MR) is 136 cm³/mol. The van der Waals surface area contributed by atoms with E-state index in [1.165, 1.54) is 31.7 Å². The molecule has 2 aliphatic heterocycles. The molecule has 2 N–H and O–H groups in total. The van der Waals surface area contributed by atoms with Crippen LogP contribution in [0.25, 0.3) is 20.5 Å². The van der Waals surface area contributed by atoms with Gasteiger partial charge in [0.05, 0.1) is 6.54 Å². The predicted octanol–water partition coefficient (Wildman–Crippen LogP) is 5.44. The van der Waals surface area contributed by atoms with Crippen LogP contribution >= 0.6 is 11.3 Å². The van der Waals surface area contributed by atoms with Crippen LogP contribution in [0.1, 0.15) is 24.0 Å². The number of aromatic nitrogens is 2. The Hall–Kier alpha value is -3.29. The number of benzene rings is 2. The Morgan fingerprint density at radius 2 is 1.97 bits per heavy atom. The van der Waals surface area contributed by atoms with Crippen molar-refractivity contribution in [3.63, 3.8) is 0 Å². The molecular formula is C26H25N5OS. The summed E-state index contributed by atoms with van der Waals surface area (Å²) in [5.74, 6) is 1.65. The normalized spacial score (nSPS) is 15.8. The van der Waals surface area contributed by atoms with Gasteiger partial charge in [0.15, 0.2) is 0 Å². The van der Waals surface area contributed by atoms with Crippen molar-refractivity contribution in [1.82, 2.24) is 9.97 Å². The molecule has 0 radical (unpaired) electrons. The quantitative estimate of drug-likeness (QED) is 0.434. The van der Waals surface area contributed by atoms with Crippen LogP contribution in [-0.4, -0.2) is 35.9 Å². The zero-order valence-corrected chi connectivity index (χ0v) is 19.1. The summed E-state index contributed by atoms with van der Waals surface area (Å²) in [6, 6.07) is 17.3. The summed E-state index contributed by atoms with van der Waals surface area (Å²) in [4.78, 5) is 16.8. The van der Waals surface area contributed by atoms with Gasteiger partial charge >= 0.3 is 0 Å². The molecule has 0 amide bonds. The van der Waals surface area contributed by atoms with Gasteiger partial charge < -0.3 is 15.4 Å². The molecule has 2 aromatic heterocycles. The maximum absolute atomic E-state index is 5.97. The Balaban J connectivity index is 1.47. The minimum absolute atomic E-state index is 0.289. The Morgan fingerprint density at radius 1 is 1.09 bits per heavy atom. The fraction of sp³-hybridized carbons (Fsp3) is 0.269. The van der Waals surface area contributed by atoms with E-state index in [4.69, 9.17) is 10.5 Å². The summed E-state index contributed by atoms with van der Waals surface area (Å²) in [7, 11) is 0. The highest BCUT2D eigenvalue weighted by Crippen LogP contribution is 2.41. The topological polar surface area (TPSA) is 76.6 Å². The molecule has 0 unspecified atom stereocenters. The van der Waals surface area contributed by atoms with Crippen LogP contribution in [0.2, 0.25) is 0 Å². The maximum Gasteiger partial charge on any atom is 0.221 e. The van der Waals surface area contributed by atoms with Crippen LogP contribution in [0.4, 0.5) is 17.5 Å². The van der Waals surface area contributed by atoms with Crippen molar-refractivity contribution in [2.75, 3.05) is 30.4 Å². The number of thiophene rings is 1. The molecule has 6 nitrogen and oxygen atoms in total. The summed E-state index contributed by atoms with van der Waals surface area (Å²) >= 11 is 1.83. The molecule has 166 valence electrons. The molecular weight excluding hydrogens is 430 g/mol. The van der Waals surface area contributed by atoms with E-state index >= 15 is 0 Å². The zero-order chi connectivity index (χ0) is 22.2. The van der Waals surface area contributed by atoms with E-state index in [2.05, 4.69) is 62.3 Å². The second kappa shape index (κ2) is 8.57. The minimum Gasteiger partial charge on any atom is -0.381 e. The average molecular weight is 456 g/mol. The van der Waals surface area contributed by atoms with Gasteiger partial charge in [-0.2, -0.15) is 4.98 Å². The molecule has 0 aliphatic carbocycles. The first-order valence-corrected chi connectivity index (χ1v) is 12.2. The first-order valence-electron chi connectivity index (χ1n) is 11.3. The highest BCUT2D eigenvalue weighted by atomic mass is 32.1. The monoisotopic (exact) mass is 455 g/mol. The lowest BCUT2D eigenvalue weighted by Crippen LogP contribution is -2.30. The van der Waals surface area contributed by atoms with Gasteiger partial charge in [-0.1, -0.05) is 18.2 Å². The molecule has 2 aromatic carbocycles. The van der Waals surface area contributed by atoms with Crippen molar-refractivity contribution in [2.24, 2.45) is 10.9 Å². The average Bonchev–Trinajstić information content (AvgIpc) is 3.49. The Kier molecular flexibility index (Phi) is 5.28. The third-order valence-electron chi connectivity index (χ3n) is 6.47. The van der Waals surface area contributed by atoms with Gasteiger partial charge in [-0.3, -0.25) is 4.99 Å². The number of ether oxygens (including phenoxy) is 1. The third-order valence-corrected chi connectivity index (χ3v) is 7.62. The number of nitrogen functional groups attached to an aromatic ring is 1. The summed E-state index contributed by atoms with van der Waals surface area (Å²) in [5.41, 5.74) is 10.8. The van der Waals surface area contributed by atoms with Gasteiger partial charge in [0.1, 0.15) is 5.82 Å². The van der Waals surface area contributed by atoms with Crippen molar-refractivity contribution < 1.29 is 4.74 Å². The first kappa shape index (κ1) is 20.3. The van der Waals surface area contributed by atoms with E-state index in [-0.39, 0.29) is 5.95 Å². The van der Waals surface area contributed by atoms with Crippen molar-refractivity contribution in [2.45, 2.75) is 19.4 Å². The van der Waals surface area contributed by atoms with Crippen molar-refractivity contribution >= 4 is 45.1 Å². The summed E-state index contributed by atoms with van der Waals surface area (Å²) in [6.45, 7) is 3.21. The number of rotatable bonds is 5. The van der Waals surface area contributed by atoms with Crippen molar-refractivity contribution in [3.05, 3.63) is 65.9 Å². The van der Waals surface area contributed by atoms with Gasteiger partial charge in [-0.25, -0.2) is 4.98 Å². The Bertz CT molecular complexity index is 1310. The number of aliphatic imine (C=N–C) groups is 1. The van der Waals surface area contributed by atoms with Gasteiger partial charge in [0.2, 0.25) is 5.95 Å². The second-order valence-electron chi connectivity index (χ2n) is 8.62. The number of nitrogens with two attached hydrogens (primary N) is 1. The van der Waals surface area contributed by atoms with Gasteiger partial charge in [0, 0.05) is 53.0 Å². The van der Waals surface area contributed by atoms with E-state index in [0.717, 1.165) is 50.7 Å². The molecule has 4 heterocycles. The Morgan fingerprint density at radius 3 is 2.82 bits per heavy atom. The molecule has 7 heteroatoms. The third kappa shape index (κ3) is 3.98. The number of hydrogen-bond acceptors (Lipinski definition) is 7. The second-order valence-corrected chi connectivity index (χ2v) is 9.70. The minimum atomic E-state index is 0.289. The van der Waals surface area contributed by atoms with E-state index in [9.17, 15) is 0 Å². The number of anilines is 3. The molecule has 0 spiro atoms. The fourth-order valence-electron chi connectivity index (χ4n) is 4.73. The lowest BCUT2D eigenvalue weighted by Gasteiger charge is -2.31. The highest BCUT2D eigenvalue weighted by molar-refractivity contribution is 7.22. The van der Waals surface area contributed by atoms with Crippen LogP contribution in [0, 0.1) is 5.92 Å². The summed E-state index contributed by atoms with van der Waals surface area (Å²) < 4.78 is 6.90. The molecule has 33 heavy (non-hydrogen) atoms. The van der Waals surface area contributed by atoms with Crippen LogP contribution in [0.3, 0.4) is 0 Å². The standard InChI is InChI=1S/C26H25N5OS/c27-26-29-8-5-25(30-26)31(16-17-6-9-32-10-7-17)20-11-19-14-28-15-22(19)21(13-20)24-12-18-3-1-2-4-23(18)33-24/h1-5,8,11-14,17H,6-7,9-10,15-16H2,(H2,27,29,30). The zero-order valence-electron chi connectivity index (χ0n) is 18.3. The van der Waals surface area contributed by atoms with Crippen LogP contribution < -0.4 is 10.6 Å². The first-order chi connectivity index (χ1) is 16.2.